The molecule has 10 aromatic carbocycles. The van der Waals surface area contributed by atoms with Crippen LogP contribution in [0.5, 0.6) is 0 Å². The second-order valence-corrected chi connectivity index (χ2v) is 18.4. The van der Waals surface area contributed by atoms with Gasteiger partial charge in [0, 0.05) is 38.7 Å². The lowest BCUT2D eigenvalue weighted by Crippen LogP contribution is -2.28. The van der Waals surface area contributed by atoms with Gasteiger partial charge in [-0.1, -0.05) is 208 Å². The number of fused-ring (bicyclic) bond motifs is 9. The standard InChI is InChI=1S/C64H45NO/c1-63(2)55-26-12-9-21-50(55)51-40-35-44(41-58(51)63)42-31-36-47(37-32-42)65(48-38-33-43(34-39-48)49-24-15-25-53-52-22-11-14-30-60(52)66-62(49)53)59-29-16-28-57-61(59)54-23-10-13-27-56(54)64(57,45-17-5-3-6-18-45)46-19-7-4-8-20-46/h3-41H,1-2H3. The van der Waals surface area contributed by atoms with Gasteiger partial charge >= 0.3 is 0 Å². The van der Waals surface area contributed by atoms with E-state index in [0.29, 0.717) is 0 Å². The summed E-state index contributed by atoms with van der Waals surface area (Å²) < 4.78 is 6.52. The van der Waals surface area contributed by atoms with E-state index in [4.69, 9.17) is 4.42 Å². The number of para-hydroxylation sites is 2. The molecule has 0 radical (unpaired) electrons. The van der Waals surface area contributed by atoms with E-state index < -0.39 is 5.41 Å². The second kappa shape index (κ2) is 14.7. The lowest BCUT2D eigenvalue weighted by Gasteiger charge is -2.34. The molecular formula is C64H45NO. The number of anilines is 3. The van der Waals surface area contributed by atoms with Gasteiger partial charge in [0.1, 0.15) is 11.2 Å². The Balaban J connectivity index is 0.992. The van der Waals surface area contributed by atoms with Crippen molar-refractivity contribution < 1.29 is 4.42 Å². The number of furan rings is 1. The largest absolute Gasteiger partial charge is 0.455 e. The average molecular weight is 844 g/mol. The van der Waals surface area contributed by atoms with E-state index in [-0.39, 0.29) is 5.41 Å². The SMILES string of the molecule is CC1(C)c2ccccc2-c2ccc(-c3ccc(N(c4ccc(-c5cccc6c5oc5ccccc56)cc4)c4cccc5c4-c4ccccc4C5(c4ccccc4)c4ccccc4)cc3)cc21. The lowest BCUT2D eigenvalue weighted by molar-refractivity contribution is 0.660. The molecule has 0 fully saturated rings. The van der Waals surface area contributed by atoms with Crippen molar-refractivity contribution in [3.05, 3.63) is 270 Å². The Labute approximate surface area is 385 Å². The first-order valence-corrected chi connectivity index (χ1v) is 23.0. The fraction of sp³-hybridized carbons (Fsp3) is 0.0625. The second-order valence-electron chi connectivity index (χ2n) is 18.4. The van der Waals surface area contributed by atoms with Crippen LogP contribution in [0.15, 0.2) is 241 Å². The molecule has 0 amide bonds. The molecule has 2 aliphatic carbocycles. The van der Waals surface area contributed by atoms with Crippen LogP contribution in [0, 0.1) is 0 Å². The summed E-state index contributed by atoms with van der Waals surface area (Å²) in [7, 11) is 0. The van der Waals surface area contributed by atoms with Gasteiger partial charge in [0.05, 0.1) is 11.1 Å². The predicted octanol–water partition coefficient (Wildman–Crippen LogP) is 17.1. The number of hydrogen-bond donors (Lipinski definition) is 0. The number of rotatable bonds is 7. The van der Waals surface area contributed by atoms with Gasteiger partial charge in [-0.05, 0) is 109 Å². The highest BCUT2D eigenvalue weighted by atomic mass is 16.3. The van der Waals surface area contributed by atoms with Crippen molar-refractivity contribution in [1.29, 1.82) is 0 Å². The van der Waals surface area contributed by atoms with Crippen molar-refractivity contribution in [2.75, 3.05) is 4.90 Å². The summed E-state index contributed by atoms with van der Waals surface area (Å²) in [6.07, 6.45) is 0. The van der Waals surface area contributed by atoms with Crippen molar-refractivity contribution >= 4 is 39.0 Å². The minimum Gasteiger partial charge on any atom is -0.455 e. The number of benzene rings is 10. The number of nitrogens with zero attached hydrogens (tertiary/aromatic N) is 1. The fourth-order valence-corrected chi connectivity index (χ4v) is 11.5. The van der Waals surface area contributed by atoms with Gasteiger partial charge < -0.3 is 9.32 Å². The summed E-state index contributed by atoms with van der Waals surface area (Å²) in [5.41, 5.74) is 22.1. The molecule has 1 aromatic heterocycles. The van der Waals surface area contributed by atoms with E-state index in [2.05, 4.69) is 249 Å². The first-order chi connectivity index (χ1) is 32.5. The fourth-order valence-electron chi connectivity index (χ4n) is 11.5. The van der Waals surface area contributed by atoms with E-state index in [0.717, 1.165) is 50.1 Å². The summed E-state index contributed by atoms with van der Waals surface area (Å²) in [6.45, 7) is 4.71. The third-order valence-corrected chi connectivity index (χ3v) is 14.6. The van der Waals surface area contributed by atoms with Crippen LogP contribution in [0.3, 0.4) is 0 Å². The molecule has 11 aromatic rings. The van der Waals surface area contributed by atoms with E-state index in [1.165, 1.54) is 66.8 Å². The van der Waals surface area contributed by atoms with Gasteiger partial charge in [-0.2, -0.15) is 0 Å². The molecule has 2 aliphatic rings. The normalized spacial score (nSPS) is 13.8. The molecule has 0 saturated carbocycles. The molecule has 2 heteroatoms. The van der Waals surface area contributed by atoms with Gasteiger partial charge in [0.2, 0.25) is 0 Å². The quantitative estimate of drug-likeness (QED) is 0.159. The van der Waals surface area contributed by atoms with Crippen molar-refractivity contribution in [2.24, 2.45) is 0 Å². The lowest BCUT2D eigenvalue weighted by atomic mass is 9.68. The van der Waals surface area contributed by atoms with Gasteiger partial charge in [0.15, 0.2) is 0 Å². The summed E-state index contributed by atoms with van der Waals surface area (Å²) >= 11 is 0. The summed E-state index contributed by atoms with van der Waals surface area (Å²) in [4.78, 5) is 2.46. The average Bonchev–Trinajstić information content (AvgIpc) is 3.99. The minimum absolute atomic E-state index is 0.0700. The maximum atomic E-state index is 6.52. The molecular weight excluding hydrogens is 799 g/mol. The van der Waals surface area contributed by atoms with E-state index in [9.17, 15) is 0 Å². The van der Waals surface area contributed by atoms with Crippen LogP contribution in [-0.2, 0) is 10.8 Å². The van der Waals surface area contributed by atoms with Gasteiger partial charge in [0.25, 0.3) is 0 Å². The van der Waals surface area contributed by atoms with Crippen LogP contribution < -0.4 is 4.90 Å². The Kier molecular flexibility index (Phi) is 8.51. The predicted molar refractivity (Wildman–Crippen MR) is 274 cm³/mol. The monoisotopic (exact) mass is 843 g/mol. The Morgan fingerprint density at radius 2 is 0.894 bits per heavy atom. The van der Waals surface area contributed by atoms with Crippen LogP contribution in [0.4, 0.5) is 17.1 Å². The summed E-state index contributed by atoms with van der Waals surface area (Å²) in [5, 5.41) is 2.26. The highest BCUT2D eigenvalue weighted by molar-refractivity contribution is 6.09. The molecule has 0 unspecified atom stereocenters. The third-order valence-electron chi connectivity index (χ3n) is 14.6. The Morgan fingerprint density at radius 1 is 0.364 bits per heavy atom. The Morgan fingerprint density at radius 3 is 1.62 bits per heavy atom. The first-order valence-electron chi connectivity index (χ1n) is 23.0. The van der Waals surface area contributed by atoms with Crippen LogP contribution in [0.25, 0.3) is 66.4 Å². The maximum absolute atomic E-state index is 6.52. The summed E-state index contributed by atoms with van der Waals surface area (Å²) in [5.74, 6) is 0. The highest BCUT2D eigenvalue weighted by Crippen LogP contribution is 2.59. The molecule has 66 heavy (non-hydrogen) atoms. The topological polar surface area (TPSA) is 16.4 Å². The molecule has 312 valence electrons. The molecule has 2 nitrogen and oxygen atoms in total. The minimum atomic E-state index is -0.518. The first kappa shape index (κ1) is 38.3. The molecule has 0 saturated heterocycles. The van der Waals surface area contributed by atoms with Crippen molar-refractivity contribution in [2.45, 2.75) is 24.7 Å². The van der Waals surface area contributed by atoms with Crippen LogP contribution >= 0.6 is 0 Å². The molecule has 1 heterocycles. The highest BCUT2D eigenvalue weighted by Gasteiger charge is 2.47. The number of hydrogen-bond acceptors (Lipinski definition) is 2. The smallest absolute Gasteiger partial charge is 0.143 e. The van der Waals surface area contributed by atoms with E-state index in [1.807, 2.05) is 6.07 Å². The Bertz CT molecular complexity index is 3620. The van der Waals surface area contributed by atoms with E-state index in [1.54, 1.807) is 0 Å². The molecule has 0 atom stereocenters. The Hall–Kier alpha value is -8.20. The molecule has 0 N–H and O–H groups in total. The van der Waals surface area contributed by atoms with Crippen LogP contribution in [0.2, 0.25) is 0 Å². The molecule has 13 rings (SSSR count). The van der Waals surface area contributed by atoms with Crippen LogP contribution in [0.1, 0.15) is 47.2 Å². The third kappa shape index (κ3) is 5.55. The van der Waals surface area contributed by atoms with Gasteiger partial charge in [-0.25, -0.2) is 0 Å². The van der Waals surface area contributed by atoms with Crippen LogP contribution in [-0.4, -0.2) is 0 Å². The zero-order chi connectivity index (χ0) is 44.0. The molecule has 0 bridgehead atoms. The zero-order valence-electron chi connectivity index (χ0n) is 36.9. The maximum Gasteiger partial charge on any atom is 0.143 e. The summed E-state index contributed by atoms with van der Waals surface area (Å²) in [6, 6.07) is 86.9. The molecule has 0 spiro atoms. The van der Waals surface area contributed by atoms with Gasteiger partial charge in [-0.15, -0.1) is 0 Å². The molecule has 0 aliphatic heterocycles. The van der Waals surface area contributed by atoms with Gasteiger partial charge in [-0.3, -0.25) is 0 Å². The zero-order valence-corrected chi connectivity index (χ0v) is 36.9. The van der Waals surface area contributed by atoms with Crippen molar-refractivity contribution in [1.82, 2.24) is 0 Å². The van der Waals surface area contributed by atoms with E-state index >= 15 is 0 Å². The van der Waals surface area contributed by atoms with Crippen molar-refractivity contribution in [3.8, 4) is 44.5 Å². The van der Waals surface area contributed by atoms with Crippen molar-refractivity contribution in [3.63, 3.8) is 0 Å².